The molecule has 0 radical (unpaired) electrons. The maximum Gasteiger partial charge on any atom is 0.230 e. The zero-order chi connectivity index (χ0) is 19.9. The summed E-state index contributed by atoms with van der Waals surface area (Å²) in [6.07, 6.45) is 2.99. The molecule has 0 saturated carbocycles. The van der Waals surface area contributed by atoms with Crippen molar-refractivity contribution in [3.05, 3.63) is 51.4 Å². The zero-order valence-corrected chi connectivity index (χ0v) is 18.0. The van der Waals surface area contributed by atoms with Gasteiger partial charge in [-0.05, 0) is 17.7 Å². The number of aromatic nitrogens is 2. The number of morpholine rings is 1. The summed E-state index contributed by atoms with van der Waals surface area (Å²) in [5.41, 5.74) is 1.09. The van der Waals surface area contributed by atoms with Crippen molar-refractivity contribution in [1.29, 1.82) is 0 Å². The van der Waals surface area contributed by atoms with Crippen LogP contribution in [0.1, 0.15) is 5.56 Å². The Hall–Kier alpha value is -1.09. The van der Waals surface area contributed by atoms with Crippen LogP contribution in [-0.2, 0) is 16.1 Å². The SMILES string of the molecule is O=C(CSc1nccnc1Cl)NCC1CN(Cc2ccc(Cl)c(Cl)c2)CCO1. The van der Waals surface area contributed by atoms with Gasteiger partial charge < -0.3 is 10.1 Å². The highest BCUT2D eigenvalue weighted by molar-refractivity contribution is 8.00. The van der Waals surface area contributed by atoms with Crippen LogP contribution < -0.4 is 5.32 Å². The minimum Gasteiger partial charge on any atom is -0.374 e. The number of rotatable bonds is 7. The van der Waals surface area contributed by atoms with Gasteiger partial charge in [0.25, 0.3) is 0 Å². The summed E-state index contributed by atoms with van der Waals surface area (Å²) < 4.78 is 5.77. The number of halogens is 3. The van der Waals surface area contributed by atoms with Gasteiger partial charge in [0.2, 0.25) is 5.91 Å². The van der Waals surface area contributed by atoms with Crippen LogP contribution >= 0.6 is 46.6 Å². The molecule has 1 unspecified atom stereocenters. The molecule has 28 heavy (non-hydrogen) atoms. The van der Waals surface area contributed by atoms with E-state index in [9.17, 15) is 4.79 Å². The average molecular weight is 462 g/mol. The Morgan fingerprint density at radius 1 is 1.25 bits per heavy atom. The van der Waals surface area contributed by atoms with E-state index in [0.29, 0.717) is 33.4 Å². The second-order valence-electron chi connectivity index (χ2n) is 6.22. The van der Waals surface area contributed by atoms with Crippen molar-refractivity contribution < 1.29 is 9.53 Å². The first-order valence-electron chi connectivity index (χ1n) is 8.65. The molecule has 2 aromatic rings. The lowest BCUT2D eigenvalue weighted by Crippen LogP contribution is -2.47. The van der Waals surface area contributed by atoms with Crippen molar-refractivity contribution in [3.63, 3.8) is 0 Å². The molecule has 1 aliphatic heterocycles. The molecule has 0 aliphatic carbocycles. The fourth-order valence-electron chi connectivity index (χ4n) is 2.76. The highest BCUT2D eigenvalue weighted by Crippen LogP contribution is 2.24. The largest absolute Gasteiger partial charge is 0.374 e. The minimum absolute atomic E-state index is 0.0643. The van der Waals surface area contributed by atoms with E-state index in [1.165, 1.54) is 18.0 Å². The van der Waals surface area contributed by atoms with Gasteiger partial charge in [-0.15, -0.1) is 0 Å². The number of ether oxygens (including phenoxy) is 1. The number of nitrogens with zero attached hydrogens (tertiary/aromatic N) is 3. The molecule has 6 nitrogen and oxygen atoms in total. The Bertz CT molecular complexity index is 827. The molecule has 1 aromatic carbocycles. The maximum atomic E-state index is 12.1. The van der Waals surface area contributed by atoms with Crippen molar-refractivity contribution in [3.8, 4) is 0 Å². The predicted molar refractivity (Wildman–Crippen MR) is 112 cm³/mol. The van der Waals surface area contributed by atoms with Crippen LogP contribution in [0.4, 0.5) is 0 Å². The van der Waals surface area contributed by atoms with Crippen LogP contribution in [0, 0.1) is 0 Å². The number of hydrogen-bond acceptors (Lipinski definition) is 6. The van der Waals surface area contributed by atoms with E-state index in [2.05, 4.69) is 20.2 Å². The van der Waals surface area contributed by atoms with Crippen LogP contribution in [0.3, 0.4) is 0 Å². The number of nitrogens with one attached hydrogen (secondary N) is 1. The topological polar surface area (TPSA) is 67.4 Å². The molecule has 0 bridgehead atoms. The monoisotopic (exact) mass is 460 g/mol. The first kappa shape index (κ1) is 21.6. The molecule has 0 spiro atoms. The number of carbonyl (C=O) groups excluding carboxylic acids is 1. The van der Waals surface area contributed by atoms with Gasteiger partial charge in [0.05, 0.1) is 28.5 Å². The quantitative estimate of drug-likeness (QED) is 0.636. The Kier molecular flexibility index (Phi) is 8.20. The molecule has 1 saturated heterocycles. The molecular formula is C18H19Cl3N4O2S. The molecule has 1 N–H and O–H groups in total. The second kappa shape index (κ2) is 10.6. The summed E-state index contributed by atoms with van der Waals surface area (Å²) in [5, 5.41) is 4.85. The minimum atomic E-state index is -0.100. The van der Waals surface area contributed by atoms with Crippen LogP contribution in [0.15, 0.2) is 35.6 Å². The number of benzene rings is 1. The molecule has 1 aliphatic rings. The molecule has 2 heterocycles. The summed E-state index contributed by atoms with van der Waals surface area (Å²) in [6.45, 7) is 3.37. The van der Waals surface area contributed by atoms with Crippen LogP contribution in [0.25, 0.3) is 0 Å². The molecule has 10 heteroatoms. The van der Waals surface area contributed by atoms with Gasteiger partial charge in [-0.25, -0.2) is 9.97 Å². The third-order valence-electron chi connectivity index (χ3n) is 4.10. The lowest BCUT2D eigenvalue weighted by Gasteiger charge is -2.33. The first-order valence-corrected chi connectivity index (χ1v) is 10.8. The summed E-state index contributed by atoms with van der Waals surface area (Å²) in [5.74, 6) is 0.120. The van der Waals surface area contributed by atoms with Crippen molar-refractivity contribution in [2.45, 2.75) is 17.7 Å². The van der Waals surface area contributed by atoms with E-state index in [1.807, 2.05) is 12.1 Å². The summed E-state index contributed by atoms with van der Waals surface area (Å²) in [6, 6.07) is 5.65. The maximum absolute atomic E-state index is 12.1. The summed E-state index contributed by atoms with van der Waals surface area (Å²) >= 11 is 19.3. The third kappa shape index (κ3) is 6.47. The van der Waals surface area contributed by atoms with E-state index >= 15 is 0 Å². The molecule has 1 amide bonds. The fraction of sp³-hybridized carbons (Fsp3) is 0.389. The van der Waals surface area contributed by atoms with Crippen molar-refractivity contribution in [2.75, 3.05) is 32.0 Å². The molecule has 1 atom stereocenters. The van der Waals surface area contributed by atoms with Gasteiger partial charge >= 0.3 is 0 Å². The van der Waals surface area contributed by atoms with Gasteiger partial charge in [-0.1, -0.05) is 52.6 Å². The molecule has 1 fully saturated rings. The molecule has 1 aromatic heterocycles. The fourth-order valence-corrected chi connectivity index (χ4v) is 4.03. The average Bonchev–Trinajstić information content (AvgIpc) is 2.69. The summed E-state index contributed by atoms with van der Waals surface area (Å²) in [4.78, 5) is 22.4. The van der Waals surface area contributed by atoms with E-state index < -0.39 is 0 Å². The normalized spacial score (nSPS) is 17.5. The zero-order valence-electron chi connectivity index (χ0n) is 14.9. The third-order valence-corrected chi connectivity index (χ3v) is 6.21. The molecular weight excluding hydrogens is 443 g/mol. The Morgan fingerprint density at radius 2 is 2.07 bits per heavy atom. The van der Waals surface area contributed by atoms with E-state index in [0.717, 1.165) is 25.2 Å². The van der Waals surface area contributed by atoms with Crippen molar-refractivity contribution in [2.24, 2.45) is 0 Å². The number of thioether (sulfide) groups is 1. The second-order valence-corrected chi connectivity index (χ2v) is 8.36. The molecule has 3 rings (SSSR count). The number of amides is 1. The predicted octanol–water partition coefficient (Wildman–Crippen LogP) is 3.55. The highest BCUT2D eigenvalue weighted by Gasteiger charge is 2.21. The Morgan fingerprint density at radius 3 is 2.86 bits per heavy atom. The smallest absolute Gasteiger partial charge is 0.230 e. The Labute approximate surface area is 182 Å². The van der Waals surface area contributed by atoms with E-state index in [-0.39, 0.29) is 17.8 Å². The van der Waals surface area contributed by atoms with Gasteiger partial charge in [0.1, 0.15) is 5.03 Å². The van der Waals surface area contributed by atoms with E-state index in [4.69, 9.17) is 39.5 Å². The number of carbonyl (C=O) groups is 1. The van der Waals surface area contributed by atoms with Crippen LogP contribution in [0.2, 0.25) is 15.2 Å². The van der Waals surface area contributed by atoms with Crippen LogP contribution in [0.5, 0.6) is 0 Å². The van der Waals surface area contributed by atoms with Crippen molar-refractivity contribution >= 4 is 52.5 Å². The Balaban J connectivity index is 1.42. The lowest BCUT2D eigenvalue weighted by atomic mass is 10.2. The standard InChI is InChI=1S/C18H19Cl3N4O2S/c19-14-2-1-12(7-15(14)20)9-25-5-6-27-13(10-25)8-24-16(26)11-28-18-17(21)22-3-4-23-18/h1-4,7,13H,5-6,8-11H2,(H,24,26). The number of hydrogen-bond donors (Lipinski definition) is 1. The highest BCUT2D eigenvalue weighted by atomic mass is 35.5. The van der Waals surface area contributed by atoms with Crippen molar-refractivity contribution in [1.82, 2.24) is 20.2 Å². The summed E-state index contributed by atoms with van der Waals surface area (Å²) in [7, 11) is 0. The van der Waals surface area contributed by atoms with Gasteiger partial charge in [-0.2, -0.15) is 0 Å². The van der Waals surface area contributed by atoms with E-state index in [1.54, 1.807) is 12.3 Å². The first-order chi connectivity index (χ1) is 13.5. The van der Waals surface area contributed by atoms with Crippen LogP contribution in [-0.4, -0.2) is 58.9 Å². The lowest BCUT2D eigenvalue weighted by molar-refractivity contribution is -0.119. The molecule has 150 valence electrons. The van der Waals surface area contributed by atoms with Gasteiger partial charge in [0, 0.05) is 38.6 Å². The van der Waals surface area contributed by atoms with Gasteiger partial charge in [0.15, 0.2) is 5.15 Å². The van der Waals surface area contributed by atoms with Gasteiger partial charge in [-0.3, -0.25) is 9.69 Å².